The molecule has 0 saturated carbocycles. The van der Waals surface area contributed by atoms with Crippen molar-refractivity contribution in [3.05, 3.63) is 40.3 Å². The molecule has 1 amide bonds. The SMILES string of the molecule is CCOC(=O)CCN1C(=O)/C(=C\c2ccc(C)cc2)SC1=S. The molecule has 0 aromatic heterocycles. The van der Waals surface area contributed by atoms with E-state index in [2.05, 4.69) is 0 Å². The Morgan fingerprint density at radius 2 is 2.05 bits per heavy atom. The lowest BCUT2D eigenvalue weighted by Gasteiger charge is -2.13. The summed E-state index contributed by atoms with van der Waals surface area (Å²) in [6.07, 6.45) is 1.97. The van der Waals surface area contributed by atoms with Gasteiger partial charge >= 0.3 is 5.97 Å². The van der Waals surface area contributed by atoms with Gasteiger partial charge in [0.05, 0.1) is 17.9 Å². The fraction of sp³-hybridized carbons (Fsp3) is 0.312. The first kappa shape index (κ1) is 16.7. The van der Waals surface area contributed by atoms with Crippen molar-refractivity contribution in [1.29, 1.82) is 0 Å². The van der Waals surface area contributed by atoms with Crippen LogP contribution in [0, 0.1) is 6.92 Å². The van der Waals surface area contributed by atoms with E-state index in [9.17, 15) is 9.59 Å². The highest BCUT2D eigenvalue weighted by Crippen LogP contribution is 2.32. The predicted molar refractivity (Wildman–Crippen MR) is 92.3 cm³/mol. The van der Waals surface area contributed by atoms with Gasteiger partial charge in [-0.3, -0.25) is 14.5 Å². The minimum Gasteiger partial charge on any atom is -0.466 e. The molecule has 0 radical (unpaired) electrons. The van der Waals surface area contributed by atoms with Crippen LogP contribution in [0.25, 0.3) is 6.08 Å². The van der Waals surface area contributed by atoms with Crippen molar-refractivity contribution < 1.29 is 14.3 Å². The van der Waals surface area contributed by atoms with E-state index in [0.29, 0.717) is 15.8 Å². The molecule has 1 heterocycles. The molecule has 1 aromatic carbocycles. The molecule has 1 fully saturated rings. The maximum atomic E-state index is 12.4. The standard InChI is InChI=1S/C16H17NO3S2/c1-3-20-14(18)8-9-17-15(19)13(22-16(17)21)10-12-6-4-11(2)5-7-12/h4-7,10H,3,8-9H2,1-2H3/b13-10+. The van der Waals surface area contributed by atoms with Crippen molar-refractivity contribution in [1.82, 2.24) is 4.90 Å². The monoisotopic (exact) mass is 335 g/mol. The molecule has 1 saturated heterocycles. The highest BCUT2D eigenvalue weighted by atomic mass is 32.2. The summed E-state index contributed by atoms with van der Waals surface area (Å²) in [5.74, 6) is -0.473. The first-order valence-corrected chi connectivity index (χ1v) is 8.21. The van der Waals surface area contributed by atoms with Gasteiger partial charge < -0.3 is 4.74 Å². The molecule has 116 valence electrons. The number of hydrogen-bond acceptors (Lipinski definition) is 5. The molecule has 22 heavy (non-hydrogen) atoms. The summed E-state index contributed by atoms with van der Waals surface area (Å²) in [7, 11) is 0. The van der Waals surface area contributed by atoms with Crippen molar-refractivity contribution in [3.63, 3.8) is 0 Å². The predicted octanol–water partition coefficient (Wildman–Crippen LogP) is 3.15. The molecule has 1 aliphatic heterocycles. The zero-order chi connectivity index (χ0) is 16.1. The number of ether oxygens (including phenoxy) is 1. The largest absolute Gasteiger partial charge is 0.466 e. The molecular weight excluding hydrogens is 318 g/mol. The van der Waals surface area contributed by atoms with E-state index in [-0.39, 0.29) is 24.8 Å². The Balaban J connectivity index is 2.05. The topological polar surface area (TPSA) is 46.6 Å². The number of benzene rings is 1. The number of amides is 1. The van der Waals surface area contributed by atoms with Crippen LogP contribution in [0.5, 0.6) is 0 Å². The van der Waals surface area contributed by atoms with E-state index in [4.69, 9.17) is 17.0 Å². The quantitative estimate of drug-likeness (QED) is 0.470. The number of aryl methyl sites for hydroxylation is 1. The number of hydrogen-bond donors (Lipinski definition) is 0. The molecule has 1 aliphatic rings. The summed E-state index contributed by atoms with van der Waals surface area (Å²) in [5, 5.41) is 0. The number of carbonyl (C=O) groups excluding carboxylic acids is 2. The summed E-state index contributed by atoms with van der Waals surface area (Å²) >= 11 is 6.49. The van der Waals surface area contributed by atoms with E-state index in [1.807, 2.05) is 37.3 Å². The summed E-state index contributed by atoms with van der Waals surface area (Å²) in [4.78, 5) is 25.8. The maximum absolute atomic E-state index is 12.4. The van der Waals surface area contributed by atoms with Gasteiger partial charge in [0, 0.05) is 6.54 Å². The van der Waals surface area contributed by atoms with E-state index >= 15 is 0 Å². The first-order valence-electron chi connectivity index (χ1n) is 6.99. The number of carbonyl (C=O) groups is 2. The molecular formula is C16H17NO3S2. The molecule has 6 heteroatoms. The maximum Gasteiger partial charge on any atom is 0.307 e. The van der Waals surface area contributed by atoms with Crippen LogP contribution in [0.1, 0.15) is 24.5 Å². The minimum atomic E-state index is -0.320. The van der Waals surface area contributed by atoms with Crippen LogP contribution in [0.2, 0.25) is 0 Å². The van der Waals surface area contributed by atoms with E-state index in [1.165, 1.54) is 22.2 Å². The second-order valence-electron chi connectivity index (χ2n) is 4.80. The van der Waals surface area contributed by atoms with Gasteiger partial charge in [-0.1, -0.05) is 53.8 Å². The molecule has 0 unspecified atom stereocenters. The number of esters is 1. The summed E-state index contributed by atoms with van der Waals surface area (Å²) < 4.78 is 5.34. The van der Waals surface area contributed by atoms with Gasteiger partial charge in [-0.15, -0.1) is 0 Å². The van der Waals surface area contributed by atoms with Gasteiger partial charge in [0.2, 0.25) is 0 Å². The van der Waals surface area contributed by atoms with Gasteiger partial charge in [0.25, 0.3) is 5.91 Å². The highest BCUT2D eigenvalue weighted by Gasteiger charge is 2.32. The lowest BCUT2D eigenvalue weighted by Crippen LogP contribution is -2.30. The lowest BCUT2D eigenvalue weighted by molar-refractivity contribution is -0.143. The summed E-state index contributed by atoms with van der Waals surface area (Å²) in [6, 6.07) is 7.90. The van der Waals surface area contributed by atoms with E-state index < -0.39 is 0 Å². The van der Waals surface area contributed by atoms with Crippen LogP contribution in [0.3, 0.4) is 0 Å². The Morgan fingerprint density at radius 3 is 2.68 bits per heavy atom. The Hall–Kier alpha value is -1.66. The number of thioether (sulfide) groups is 1. The second-order valence-corrected chi connectivity index (χ2v) is 6.47. The van der Waals surface area contributed by atoms with Crippen molar-refractivity contribution in [2.75, 3.05) is 13.2 Å². The van der Waals surface area contributed by atoms with Crippen molar-refractivity contribution >= 4 is 46.3 Å². The first-order chi connectivity index (χ1) is 10.5. The van der Waals surface area contributed by atoms with Crippen LogP contribution in [-0.2, 0) is 14.3 Å². The summed E-state index contributed by atoms with van der Waals surface area (Å²) in [5.41, 5.74) is 2.12. The van der Waals surface area contributed by atoms with Gasteiger partial charge in [0.15, 0.2) is 0 Å². The highest BCUT2D eigenvalue weighted by molar-refractivity contribution is 8.26. The van der Waals surface area contributed by atoms with Gasteiger partial charge in [0.1, 0.15) is 4.32 Å². The number of thiocarbonyl (C=S) groups is 1. The third-order valence-corrected chi connectivity index (χ3v) is 4.47. The van der Waals surface area contributed by atoms with Gasteiger partial charge in [-0.2, -0.15) is 0 Å². The average molecular weight is 335 g/mol. The van der Waals surface area contributed by atoms with Gasteiger partial charge in [-0.05, 0) is 25.5 Å². The molecule has 0 spiro atoms. The Morgan fingerprint density at radius 1 is 1.36 bits per heavy atom. The van der Waals surface area contributed by atoms with Crippen molar-refractivity contribution in [2.45, 2.75) is 20.3 Å². The number of nitrogens with zero attached hydrogens (tertiary/aromatic N) is 1. The van der Waals surface area contributed by atoms with Crippen molar-refractivity contribution in [3.8, 4) is 0 Å². The van der Waals surface area contributed by atoms with Crippen LogP contribution in [0.4, 0.5) is 0 Å². The Kier molecular flexibility index (Phi) is 5.74. The summed E-state index contributed by atoms with van der Waals surface area (Å²) in [6.45, 7) is 4.36. The van der Waals surface area contributed by atoms with Crippen molar-refractivity contribution in [2.24, 2.45) is 0 Å². The number of rotatable bonds is 5. The lowest BCUT2D eigenvalue weighted by atomic mass is 10.1. The normalized spacial score (nSPS) is 16.5. The zero-order valence-electron chi connectivity index (χ0n) is 12.5. The molecule has 1 aromatic rings. The fourth-order valence-electron chi connectivity index (χ4n) is 1.94. The van der Waals surface area contributed by atoms with E-state index in [0.717, 1.165) is 5.56 Å². The second kappa shape index (κ2) is 7.56. The minimum absolute atomic E-state index is 0.151. The molecule has 0 N–H and O–H groups in total. The third kappa shape index (κ3) is 4.18. The molecule has 0 atom stereocenters. The van der Waals surface area contributed by atoms with Crippen LogP contribution >= 0.6 is 24.0 Å². The fourth-order valence-corrected chi connectivity index (χ4v) is 3.25. The van der Waals surface area contributed by atoms with Crippen LogP contribution in [0.15, 0.2) is 29.2 Å². The molecule has 0 aliphatic carbocycles. The smallest absolute Gasteiger partial charge is 0.307 e. The molecule has 2 rings (SSSR count). The Bertz CT molecular complexity index is 623. The Labute approximate surface area is 139 Å². The third-order valence-electron chi connectivity index (χ3n) is 3.09. The van der Waals surface area contributed by atoms with E-state index in [1.54, 1.807) is 6.92 Å². The molecule has 0 bridgehead atoms. The van der Waals surface area contributed by atoms with Crippen LogP contribution < -0.4 is 0 Å². The van der Waals surface area contributed by atoms with Gasteiger partial charge in [-0.25, -0.2) is 0 Å². The van der Waals surface area contributed by atoms with Crippen LogP contribution in [-0.4, -0.2) is 34.2 Å². The average Bonchev–Trinajstić information content (AvgIpc) is 2.74. The zero-order valence-corrected chi connectivity index (χ0v) is 14.1. The molecule has 4 nitrogen and oxygen atoms in total.